The lowest BCUT2D eigenvalue weighted by molar-refractivity contribution is 0.0203. The second-order valence-electron chi connectivity index (χ2n) is 9.86. The average Bonchev–Trinajstić information content (AvgIpc) is 3.04. The van der Waals surface area contributed by atoms with Crippen molar-refractivity contribution in [3.05, 3.63) is 23.0 Å². The molecule has 172 valence electrons. The van der Waals surface area contributed by atoms with Gasteiger partial charge in [0.25, 0.3) is 0 Å². The zero-order valence-electron chi connectivity index (χ0n) is 18.8. The molecule has 1 N–H and O–H groups in total. The van der Waals surface area contributed by atoms with Gasteiger partial charge in [0.2, 0.25) is 15.9 Å². The molecule has 0 unspecified atom stereocenters. The van der Waals surface area contributed by atoms with Crippen LogP contribution in [0.2, 0.25) is 5.02 Å². The number of carbonyl (C=O) groups excluding carboxylic acids is 1. The van der Waals surface area contributed by atoms with E-state index in [1.54, 1.807) is 11.0 Å². The van der Waals surface area contributed by atoms with Crippen molar-refractivity contribution < 1.29 is 22.4 Å². The largest absolute Gasteiger partial charge is 0.444 e. The quantitative estimate of drug-likeness (QED) is 0.709. The molecule has 0 bridgehead atoms. The molecule has 2 aromatic rings. The van der Waals surface area contributed by atoms with Crippen molar-refractivity contribution in [1.82, 2.24) is 14.6 Å². The molecule has 2 heterocycles. The van der Waals surface area contributed by atoms with Crippen LogP contribution in [0.3, 0.4) is 0 Å². The number of rotatable bonds is 3. The fourth-order valence-electron chi connectivity index (χ4n) is 3.30. The highest BCUT2D eigenvalue weighted by Gasteiger charge is 2.32. The number of ether oxygens (including phenoxy) is 1. The number of hydrogen-bond acceptors (Lipinski definition) is 6. The minimum atomic E-state index is -3.97. The van der Waals surface area contributed by atoms with E-state index in [1.807, 2.05) is 41.5 Å². The summed E-state index contributed by atoms with van der Waals surface area (Å²) in [6.45, 7) is 12.0. The van der Waals surface area contributed by atoms with E-state index in [-0.39, 0.29) is 27.0 Å². The zero-order chi connectivity index (χ0) is 23.2. The van der Waals surface area contributed by atoms with Crippen molar-refractivity contribution >= 4 is 38.8 Å². The zero-order valence-corrected chi connectivity index (χ0v) is 20.4. The van der Waals surface area contributed by atoms with Crippen LogP contribution in [0.4, 0.5) is 4.79 Å². The number of nitrogens with zero attached hydrogens (tertiary/aromatic N) is 2. The number of sulfonamides is 1. The molecule has 1 aromatic carbocycles. The Balaban J connectivity index is 1.78. The van der Waals surface area contributed by atoms with Crippen LogP contribution < -0.4 is 4.72 Å². The molecule has 10 heteroatoms. The van der Waals surface area contributed by atoms with Gasteiger partial charge in [-0.1, -0.05) is 32.4 Å². The maximum absolute atomic E-state index is 13.2. The Hall–Kier alpha value is -1.84. The molecule has 1 amide bonds. The monoisotopic (exact) mass is 471 g/mol. The molecule has 1 aliphatic rings. The van der Waals surface area contributed by atoms with Crippen molar-refractivity contribution in [3.8, 4) is 0 Å². The summed E-state index contributed by atoms with van der Waals surface area (Å²) in [6.07, 6.45) is 0.545. The summed E-state index contributed by atoms with van der Waals surface area (Å²) < 4.78 is 40.4. The Bertz CT molecular complexity index is 1070. The summed E-state index contributed by atoms with van der Waals surface area (Å²) in [6, 6.07) is 2.83. The first-order chi connectivity index (χ1) is 14.2. The van der Waals surface area contributed by atoms with Crippen LogP contribution >= 0.6 is 11.6 Å². The molecule has 1 fully saturated rings. The van der Waals surface area contributed by atoms with Gasteiger partial charge in [0, 0.05) is 24.5 Å². The van der Waals surface area contributed by atoms with Crippen LogP contribution in [-0.2, 0) is 20.2 Å². The number of hydrogen-bond donors (Lipinski definition) is 1. The molecule has 8 nitrogen and oxygen atoms in total. The van der Waals surface area contributed by atoms with Crippen LogP contribution in [0, 0.1) is 0 Å². The fraction of sp³-hybridized carbons (Fsp3) is 0.619. The third-order valence-corrected chi connectivity index (χ3v) is 6.86. The lowest BCUT2D eigenvalue weighted by Gasteiger charge is -2.33. The van der Waals surface area contributed by atoms with Crippen LogP contribution in [-0.4, -0.2) is 49.1 Å². The average molecular weight is 472 g/mol. The Morgan fingerprint density at radius 1 is 1.19 bits per heavy atom. The predicted molar refractivity (Wildman–Crippen MR) is 119 cm³/mol. The first-order valence-corrected chi connectivity index (χ1v) is 12.1. The first kappa shape index (κ1) is 23.8. The van der Waals surface area contributed by atoms with Gasteiger partial charge in [-0.15, -0.1) is 0 Å². The molecule has 0 atom stereocenters. The second-order valence-corrected chi connectivity index (χ2v) is 11.9. The summed E-state index contributed by atoms with van der Waals surface area (Å²) >= 11 is 6.28. The van der Waals surface area contributed by atoms with Gasteiger partial charge >= 0.3 is 6.09 Å². The lowest BCUT2D eigenvalue weighted by atomic mass is 9.97. The van der Waals surface area contributed by atoms with Crippen LogP contribution in [0.5, 0.6) is 0 Å². The molecule has 1 saturated heterocycles. The maximum Gasteiger partial charge on any atom is 0.410 e. The van der Waals surface area contributed by atoms with Gasteiger partial charge in [0.1, 0.15) is 16.0 Å². The third-order valence-electron chi connectivity index (χ3n) is 4.84. The molecule has 0 saturated carbocycles. The lowest BCUT2D eigenvalue weighted by Crippen LogP contribution is -2.47. The molecule has 1 aliphatic heterocycles. The highest BCUT2D eigenvalue weighted by atomic mass is 35.5. The van der Waals surface area contributed by atoms with E-state index in [0.717, 1.165) is 0 Å². The summed E-state index contributed by atoms with van der Waals surface area (Å²) in [5.41, 5.74) is -0.367. The number of oxazole rings is 1. The fourth-order valence-corrected chi connectivity index (χ4v) is 5.26. The van der Waals surface area contributed by atoms with Crippen molar-refractivity contribution in [2.24, 2.45) is 0 Å². The van der Waals surface area contributed by atoms with Gasteiger partial charge in [-0.25, -0.2) is 22.9 Å². The topological polar surface area (TPSA) is 102 Å². The molecule has 0 spiro atoms. The highest BCUT2D eigenvalue weighted by molar-refractivity contribution is 7.89. The number of likely N-dealkylation sites (tertiary alicyclic amines) is 1. The van der Waals surface area contributed by atoms with Gasteiger partial charge in [-0.2, -0.15) is 0 Å². The van der Waals surface area contributed by atoms with E-state index in [2.05, 4.69) is 9.71 Å². The van der Waals surface area contributed by atoms with Crippen molar-refractivity contribution in [2.45, 2.75) is 76.3 Å². The number of fused-ring (bicyclic) bond motifs is 1. The van der Waals surface area contributed by atoms with E-state index in [9.17, 15) is 13.2 Å². The highest BCUT2D eigenvalue weighted by Crippen LogP contribution is 2.34. The molecule has 0 aliphatic carbocycles. The van der Waals surface area contributed by atoms with Crippen LogP contribution in [0.1, 0.15) is 60.3 Å². The minimum absolute atomic E-state index is 0.0720. The van der Waals surface area contributed by atoms with E-state index < -0.39 is 21.7 Å². The summed E-state index contributed by atoms with van der Waals surface area (Å²) in [7, 11) is -3.97. The molecule has 0 radical (unpaired) electrons. The van der Waals surface area contributed by atoms with E-state index in [4.69, 9.17) is 20.8 Å². The number of piperidine rings is 1. The van der Waals surface area contributed by atoms with Crippen molar-refractivity contribution in [1.29, 1.82) is 0 Å². The third kappa shape index (κ3) is 5.51. The van der Waals surface area contributed by atoms with Gasteiger partial charge in [-0.05, 0) is 45.7 Å². The summed E-state index contributed by atoms with van der Waals surface area (Å²) in [5.74, 6) is 0.437. The molecular formula is C21H30ClN3O5S. The smallest absolute Gasteiger partial charge is 0.410 e. The Morgan fingerprint density at radius 3 is 2.35 bits per heavy atom. The van der Waals surface area contributed by atoms with Gasteiger partial charge in [0.15, 0.2) is 5.58 Å². The number of benzene rings is 1. The standard InChI is InChI=1S/C21H30ClN3O5S/c1-20(2,3)18-23-15-8-7-14(22)17(16(15)29-18)31(27,28)24-13-9-11-25(12-10-13)19(26)30-21(4,5)6/h7-8,13,24H,9-12H2,1-6H3. The maximum atomic E-state index is 13.2. The summed E-state index contributed by atoms with van der Waals surface area (Å²) in [4.78, 5) is 18.1. The predicted octanol–water partition coefficient (Wildman–Crippen LogP) is 4.46. The van der Waals surface area contributed by atoms with E-state index in [0.29, 0.717) is 37.3 Å². The van der Waals surface area contributed by atoms with Crippen molar-refractivity contribution in [3.63, 3.8) is 0 Å². The van der Waals surface area contributed by atoms with Gasteiger partial charge in [0.05, 0.1) is 5.02 Å². The van der Waals surface area contributed by atoms with Crippen molar-refractivity contribution in [2.75, 3.05) is 13.1 Å². The summed E-state index contributed by atoms with van der Waals surface area (Å²) in [5, 5.41) is 0.0720. The Kier molecular flexibility index (Phi) is 6.34. The second kappa shape index (κ2) is 8.26. The Morgan fingerprint density at radius 2 is 1.81 bits per heavy atom. The number of amides is 1. The van der Waals surface area contributed by atoms with Crippen LogP contribution in [0.25, 0.3) is 11.1 Å². The number of aromatic nitrogens is 1. The normalized spacial score (nSPS) is 16.7. The SMILES string of the molecule is CC(C)(C)OC(=O)N1CCC(NS(=O)(=O)c2c(Cl)ccc3nc(C(C)(C)C)oc23)CC1. The number of halogens is 1. The number of nitrogens with one attached hydrogen (secondary N) is 1. The van der Waals surface area contributed by atoms with E-state index >= 15 is 0 Å². The molecule has 1 aromatic heterocycles. The minimum Gasteiger partial charge on any atom is -0.444 e. The van der Waals surface area contributed by atoms with Gasteiger partial charge in [-0.3, -0.25) is 0 Å². The molecule has 3 rings (SSSR count). The first-order valence-electron chi connectivity index (χ1n) is 10.3. The molecular weight excluding hydrogens is 442 g/mol. The number of carbonyl (C=O) groups is 1. The van der Waals surface area contributed by atoms with Gasteiger partial charge < -0.3 is 14.1 Å². The van der Waals surface area contributed by atoms with Crippen LogP contribution in [0.15, 0.2) is 21.4 Å². The van der Waals surface area contributed by atoms with E-state index in [1.165, 1.54) is 6.07 Å². The Labute approximate surface area is 188 Å². The molecule has 31 heavy (non-hydrogen) atoms.